The van der Waals surface area contributed by atoms with E-state index in [9.17, 15) is 19.0 Å². The van der Waals surface area contributed by atoms with Crippen LogP contribution in [0.2, 0.25) is 0 Å². The Morgan fingerprint density at radius 2 is 0.744 bits per heavy atom. The highest BCUT2D eigenvalue weighted by Crippen LogP contribution is 2.43. The highest BCUT2D eigenvalue weighted by Gasteiger charge is 2.30. The van der Waals surface area contributed by atoms with Gasteiger partial charge in [-0.15, -0.1) is 0 Å². The van der Waals surface area contributed by atoms with Crippen LogP contribution in [0.25, 0.3) is 0 Å². The van der Waals surface area contributed by atoms with E-state index in [4.69, 9.17) is 13.8 Å². The van der Waals surface area contributed by atoms with Gasteiger partial charge in [-0.25, -0.2) is 4.57 Å². The van der Waals surface area contributed by atoms with Crippen molar-refractivity contribution in [1.82, 2.24) is 5.32 Å². The number of carbonyl (C=O) groups is 2. The molecule has 0 heterocycles. The zero-order valence-corrected chi connectivity index (χ0v) is 53.8. The van der Waals surface area contributed by atoms with E-state index in [0.717, 1.165) is 57.8 Å². The molecular weight excluding hydrogens is 988 g/mol. The fourth-order valence-electron chi connectivity index (χ4n) is 10.4. The topological polar surface area (TPSA) is 111 Å². The van der Waals surface area contributed by atoms with Gasteiger partial charge in [0.05, 0.1) is 33.8 Å². The second kappa shape index (κ2) is 58.7. The summed E-state index contributed by atoms with van der Waals surface area (Å²) in [6, 6.07) is -0.843. The van der Waals surface area contributed by atoms with E-state index < -0.39 is 20.0 Å². The molecule has 462 valence electrons. The Morgan fingerprint density at radius 1 is 0.436 bits per heavy atom. The van der Waals surface area contributed by atoms with E-state index >= 15 is 0 Å². The van der Waals surface area contributed by atoms with Crippen molar-refractivity contribution >= 4 is 19.7 Å². The molecule has 0 aromatic rings. The number of hydrogen-bond donors (Lipinski definition) is 2. The molecular formula is C68H134N2O7P+. The molecule has 3 atom stereocenters. The maximum atomic E-state index is 13.6. The Hall–Kier alpha value is -1.51. The van der Waals surface area contributed by atoms with Crippen molar-refractivity contribution in [2.45, 2.75) is 360 Å². The molecule has 0 saturated heterocycles. The number of quaternary nitrogens is 1. The van der Waals surface area contributed by atoms with Gasteiger partial charge < -0.3 is 19.4 Å². The van der Waals surface area contributed by atoms with Crippen molar-refractivity contribution in [1.29, 1.82) is 0 Å². The minimum atomic E-state index is -4.45. The van der Waals surface area contributed by atoms with Gasteiger partial charge >= 0.3 is 13.8 Å². The molecule has 0 saturated carbocycles. The molecule has 0 aromatic heterocycles. The molecule has 0 radical (unpaired) electrons. The van der Waals surface area contributed by atoms with E-state index in [-0.39, 0.29) is 25.1 Å². The van der Waals surface area contributed by atoms with Gasteiger partial charge in [-0.05, 0) is 57.4 Å². The fourth-order valence-corrected chi connectivity index (χ4v) is 11.1. The number of amides is 1. The quantitative estimate of drug-likeness (QED) is 0.0205. The molecule has 1 amide bonds. The molecule has 0 aromatic carbocycles. The van der Waals surface area contributed by atoms with Crippen LogP contribution in [0.3, 0.4) is 0 Å². The third-order valence-corrected chi connectivity index (χ3v) is 16.6. The normalized spacial score (nSPS) is 13.7. The molecule has 0 aliphatic rings. The van der Waals surface area contributed by atoms with Crippen molar-refractivity contribution < 1.29 is 37.3 Å². The first-order chi connectivity index (χ1) is 37.9. The van der Waals surface area contributed by atoms with Gasteiger partial charge in [-0.1, -0.05) is 302 Å². The molecule has 0 bridgehead atoms. The van der Waals surface area contributed by atoms with Gasteiger partial charge in [0.2, 0.25) is 5.91 Å². The van der Waals surface area contributed by atoms with Crippen LogP contribution in [0, 0.1) is 0 Å². The number of likely N-dealkylation sites (N-methyl/N-ethyl adjacent to an activating group) is 1. The van der Waals surface area contributed by atoms with Crippen LogP contribution in [-0.2, 0) is 27.9 Å². The lowest BCUT2D eigenvalue weighted by Gasteiger charge is -2.27. The van der Waals surface area contributed by atoms with Gasteiger partial charge in [0, 0.05) is 12.8 Å². The van der Waals surface area contributed by atoms with Crippen molar-refractivity contribution in [3.8, 4) is 0 Å². The monoisotopic (exact) mass is 1120 g/mol. The number of phosphoric ester groups is 1. The average Bonchev–Trinajstić information content (AvgIpc) is 3.40. The van der Waals surface area contributed by atoms with Crippen molar-refractivity contribution in [3.05, 3.63) is 24.3 Å². The van der Waals surface area contributed by atoms with E-state index in [1.54, 1.807) is 0 Å². The Morgan fingerprint density at radius 3 is 1.09 bits per heavy atom. The van der Waals surface area contributed by atoms with E-state index in [1.165, 1.54) is 257 Å². The summed E-state index contributed by atoms with van der Waals surface area (Å²) in [6.45, 7) is 7.07. The number of hydrogen-bond acceptors (Lipinski definition) is 6. The Balaban J connectivity index is 5.11. The highest BCUT2D eigenvalue weighted by atomic mass is 31.2. The molecule has 78 heavy (non-hydrogen) atoms. The molecule has 0 fully saturated rings. The molecule has 2 N–H and O–H groups in total. The SMILES string of the molecule is CCCCCCCC/C=C/CCCCCCCCCCCCCC(=O)NC(COP(=O)(O)OCC[N+](C)(C)C)C(/C=C/CCCCCCCCCCCC)OC(=O)CCCCCCCCCCCCCCCCCCCCC. The van der Waals surface area contributed by atoms with Crippen LogP contribution >= 0.6 is 7.82 Å². The first-order valence-corrected chi connectivity index (χ1v) is 35.7. The summed E-state index contributed by atoms with van der Waals surface area (Å²) in [5.41, 5.74) is 0. The van der Waals surface area contributed by atoms with E-state index in [0.29, 0.717) is 23.9 Å². The van der Waals surface area contributed by atoms with Crippen LogP contribution in [-0.4, -0.2) is 74.3 Å². The Bertz CT molecular complexity index is 1380. The molecule has 0 aliphatic heterocycles. The fraction of sp³-hybridized carbons (Fsp3) is 0.912. The summed E-state index contributed by atoms with van der Waals surface area (Å²) < 4.78 is 30.8. The molecule has 3 unspecified atom stereocenters. The number of nitrogens with one attached hydrogen (secondary N) is 1. The summed E-state index contributed by atoms with van der Waals surface area (Å²) in [7, 11) is 1.52. The summed E-state index contributed by atoms with van der Waals surface area (Å²) in [5, 5.41) is 3.07. The number of carbonyl (C=O) groups excluding carboxylic acids is 2. The number of ether oxygens (including phenoxy) is 1. The van der Waals surface area contributed by atoms with Crippen molar-refractivity contribution in [2.24, 2.45) is 0 Å². The van der Waals surface area contributed by atoms with Crippen LogP contribution < -0.4 is 5.32 Å². The molecule has 0 aliphatic carbocycles. The predicted octanol–water partition coefficient (Wildman–Crippen LogP) is 21.3. The highest BCUT2D eigenvalue weighted by molar-refractivity contribution is 7.47. The van der Waals surface area contributed by atoms with Gasteiger partial charge in [0.1, 0.15) is 19.3 Å². The van der Waals surface area contributed by atoms with Gasteiger partial charge in [-0.3, -0.25) is 18.6 Å². The number of unbranched alkanes of at least 4 members (excludes halogenated alkanes) is 45. The maximum absolute atomic E-state index is 13.6. The number of nitrogens with zero attached hydrogens (tertiary/aromatic N) is 1. The summed E-state index contributed by atoms with van der Waals surface area (Å²) in [4.78, 5) is 37.8. The predicted molar refractivity (Wildman–Crippen MR) is 337 cm³/mol. The second-order valence-electron chi connectivity index (χ2n) is 24.7. The summed E-state index contributed by atoms with van der Waals surface area (Å²) >= 11 is 0. The first-order valence-electron chi connectivity index (χ1n) is 34.2. The number of esters is 1. The van der Waals surface area contributed by atoms with Crippen LogP contribution in [0.5, 0.6) is 0 Å². The third kappa shape index (κ3) is 59.1. The van der Waals surface area contributed by atoms with Gasteiger partial charge in [0.25, 0.3) is 0 Å². The van der Waals surface area contributed by atoms with Crippen molar-refractivity contribution in [2.75, 3.05) is 40.9 Å². The average molecular weight is 1120 g/mol. The minimum absolute atomic E-state index is 0.0440. The molecule has 0 spiro atoms. The van der Waals surface area contributed by atoms with Crippen molar-refractivity contribution in [3.63, 3.8) is 0 Å². The number of phosphoric acid groups is 1. The van der Waals surface area contributed by atoms with E-state index in [1.807, 2.05) is 33.3 Å². The standard InChI is InChI=1S/C68H133N2O7P/c1-7-10-13-16-19-22-25-28-30-32-34-35-37-38-40-42-45-48-51-54-57-60-67(71)69-65(64-76-78(73,74)75-63-62-70(4,5)6)66(59-56-53-50-47-44-27-24-21-18-15-12-9-3)77-68(72)61-58-55-52-49-46-43-41-39-36-33-31-29-26-23-20-17-14-11-8-2/h28,30,56,59,65-66H,7-27,29,31-55,57-58,60-64H2,1-6H3,(H-,69,71,73,74)/p+1/b30-28+,59-56+. The lowest BCUT2D eigenvalue weighted by Crippen LogP contribution is -2.47. The first kappa shape index (κ1) is 76.5. The largest absolute Gasteiger partial charge is 0.472 e. The summed E-state index contributed by atoms with van der Waals surface area (Å²) in [5.74, 6) is -0.485. The Labute approximate surface area is 485 Å². The van der Waals surface area contributed by atoms with Crippen LogP contribution in [0.1, 0.15) is 348 Å². The second-order valence-corrected chi connectivity index (χ2v) is 26.2. The summed E-state index contributed by atoms with van der Waals surface area (Å²) in [6.07, 6.45) is 70.4. The molecule has 0 rings (SSSR count). The smallest absolute Gasteiger partial charge is 0.456 e. The zero-order chi connectivity index (χ0) is 57.2. The molecule has 9 nitrogen and oxygen atoms in total. The number of rotatable bonds is 63. The Kier molecular flexibility index (Phi) is 57.5. The molecule has 10 heteroatoms. The van der Waals surface area contributed by atoms with Gasteiger partial charge in [0.15, 0.2) is 0 Å². The van der Waals surface area contributed by atoms with E-state index in [2.05, 4.69) is 38.2 Å². The zero-order valence-electron chi connectivity index (χ0n) is 52.9. The minimum Gasteiger partial charge on any atom is -0.456 e. The lowest BCUT2D eigenvalue weighted by atomic mass is 10.0. The van der Waals surface area contributed by atoms with Crippen LogP contribution in [0.15, 0.2) is 24.3 Å². The number of allylic oxidation sites excluding steroid dienone is 3. The third-order valence-electron chi connectivity index (χ3n) is 15.6. The lowest BCUT2D eigenvalue weighted by molar-refractivity contribution is -0.870. The van der Waals surface area contributed by atoms with Crippen LogP contribution in [0.4, 0.5) is 0 Å². The maximum Gasteiger partial charge on any atom is 0.472 e. The van der Waals surface area contributed by atoms with Gasteiger partial charge in [-0.2, -0.15) is 0 Å².